The maximum absolute atomic E-state index is 12.3. The van der Waals surface area contributed by atoms with Gasteiger partial charge in [-0.3, -0.25) is 9.36 Å². The van der Waals surface area contributed by atoms with Crippen LogP contribution in [-0.2, 0) is 4.74 Å². The first kappa shape index (κ1) is 14.0. The smallest absolute Gasteiger partial charge is 0.273 e. The molecule has 0 fully saturated rings. The number of pyridine rings is 1. The lowest BCUT2D eigenvalue weighted by atomic mass is 10.2. The number of rotatable bonds is 4. The molecule has 2 rings (SSSR count). The second-order valence-corrected chi connectivity index (χ2v) is 4.76. The molecule has 0 radical (unpaired) electrons. The minimum atomic E-state index is -0.147. The first-order chi connectivity index (χ1) is 9.10. The topological polar surface area (TPSA) is 57.0 Å². The number of fused-ring (bicyclic) bond motifs is 1. The predicted molar refractivity (Wildman–Crippen MR) is 74.7 cm³/mol. The van der Waals surface area contributed by atoms with Crippen molar-refractivity contribution in [2.75, 3.05) is 13.7 Å². The van der Waals surface area contributed by atoms with Gasteiger partial charge in [-0.2, -0.15) is 0 Å². The highest BCUT2D eigenvalue weighted by Gasteiger charge is 2.18. The second-order valence-electron chi connectivity index (χ2n) is 4.35. The summed E-state index contributed by atoms with van der Waals surface area (Å²) in [5.41, 5.74) is 1.32. The molecule has 0 saturated heterocycles. The van der Waals surface area contributed by atoms with E-state index >= 15 is 0 Å². The molecule has 102 valence electrons. The molecule has 2 aromatic heterocycles. The lowest BCUT2D eigenvalue weighted by molar-refractivity contribution is 0.153. The molecule has 0 aromatic carbocycles. The van der Waals surface area contributed by atoms with Crippen molar-refractivity contribution in [3.8, 4) is 0 Å². The van der Waals surface area contributed by atoms with Gasteiger partial charge in [0, 0.05) is 13.3 Å². The fourth-order valence-corrected chi connectivity index (χ4v) is 2.28. The molecular weight excluding hydrogens is 266 g/mol. The Kier molecular flexibility index (Phi) is 4.17. The van der Waals surface area contributed by atoms with Gasteiger partial charge >= 0.3 is 0 Å². The summed E-state index contributed by atoms with van der Waals surface area (Å²) in [6.07, 6.45) is 2.34. The molecule has 0 bridgehead atoms. The monoisotopic (exact) mass is 281 g/mol. The molecular formula is C13H16ClN3O2. The molecule has 0 amide bonds. The summed E-state index contributed by atoms with van der Waals surface area (Å²) in [5, 5.41) is 0.495. The lowest BCUT2D eigenvalue weighted by Crippen LogP contribution is -2.30. The van der Waals surface area contributed by atoms with Crippen LogP contribution < -0.4 is 5.56 Å². The summed E-state index contributed by atoms with van der Waals surface area (Å²) in [4.78, 5) is 20.8. The highest BCUT2D eigenvalue weighted by atomic mass is 35.5. The Balaban J connectivity index is 2.80. The Morgan fingerprint density at radius 2 is 2.26 bits per heavy atom. The normalized spacial score (nSPS) is 12.8. The molecule has 2 heterocycles. The van der Waals surface area contributed by atoms with Gasteiger partial charge in [0.05, 0.1) is 17.7 Å². The molecule has 0 aliphatic heterocycles. The number of aromatic nitrogens is 3. The van der Waals surface area contributed by atoms with Gasteiger partial charge in [-0.25, -0.2) is 9.97 Å². The number of methoxy groups -OCH3 is 1. The van der Waals surface area contributed by atoms with Crippen LogP contribution in [0.1, 0.15) is 25.1 Å². The molecule has 0 spiro atoms. The number of hydrogen-bond donors (Lipinski definition) is 0. The molecule has 6 heteroatoms. The van der Waals surface area contributed by atoms with Gasteiger partial charge in [-0.05, 0) is 19.4 Å². The van der Waals surface area contributed by atoms with Crippen molar-refractivity contribution in [2.24, 2.45) is 0 Å². The van der Waals surface area contributed by atoms with E-state index in [1.165, 1.54) is 0 Å². The van der Waals surface area contributed by atoms with E-state index in [4.69, 9.17) is 16.3 Å². The predicted octanol–water partition coefficient (Wildman–Crippen LogP) is 2.35. The van der Waals surface area contributed by atoms with Crippen LogP contribution in [0, 0.1) is 6.92 Å². The number of ether oxygens (including phenoxy) is 1. The highest BCUT2D eigenvalue weighted by Crippen LogP contribution is 2.21. The van der Waals surface area contributed by atoms with E-state index in [0.717, 1.165) is 6.42 Å². The molecule has 1 unspecified atom stereocenters. The van der Waals surface area contributed by atoms with Crippen LogP contribution in [-0.4, -0.2) is 28.3 Å². The van der Waals surface area contributed by atoms with E-state index in [9.17, 15) is 4.79 Å². The molecule has 19 heavy (non-hydrogen) atoms. The Bertz CT molecular complexity index is 654. The average molecular weight is 282 g/mol. The van der Waals surface area contributed by atoms with Crippen molar-refractivity contribution in [1.29, 1.82) is 0 Å². The van der Waals surface area contributed by atoms with Crippen LogP contribution in [0.5, 0.6) is 0 Å². The summed E-state index contributed by atoms with van der Waals surface area (Å²) in [6, 6.07) is 1.59. The maximum Gasteiger partial charge on any atom is 0.273 e. The first-order valence-electron chi connectivity index (χ1n) is 6.12. The fraction of sp³-hybridized carbons (Fsp3) is 0.462. The van der Waals surface area contributed by atoms with E-state index < -0.39 is 0 Å². The maximum atomic E-state index is 12.3. The summed E-state index contributed by atoms with van der Waals surface area (Å²) in [6.45, 7) is 4.13. The van der Waals surface area contributed by atoms with Gasteiger partial charge in [0.15, 0.2) is 5.65 Å². The third-order valence-electron chi connectivity index (χ3n) is 3.09. The summed E-state index contributed by atoms with van der Waals surface area (Å²) in [5.74, 6) is 0. The zero-order chi connectivity index (χ0) is 14.0. The summed E-state index contributed by atoms with van der Waals surface area (Å²) >= 11 is 6.13. The highest BCUT2D eigenvalue weighted by molar-refractivity contribution is 6.34. The van der Waals surface area contributed by atoms with Crippen molar-refractivity contribution >= 4 is 22.8 Å². The van der Waals surface area contributed by atoms with Crippen molar-refractivity contribution < 1.29 is 4.74 Å². The molecule has 0 saturated carbocycles. The standard InChI is InChI=1S/C13H16ClN3O2/c1-4-9(7-19-3)17-12-11(10(14)5-6-15-12)16-8(2)13(17)18/h5-6,9H,4,7H2,1-3H3. The van der Waals surface area contributed by atoms with Gasteiger partial charge in [0.25, 0.3) is 5.56 Å². The van der Waals surface area contributed by atoms with E-state index in [2.05, 4.69) is 9.97 Å². The zero-order valence-corrected chi connectivity index (χ0v) is 11.9. The first-order valence-corrected chi connectivity index (χ1v) is 6.50. The number of aryl methyl sites for hydroxylation is 1. The SMILES string of the molecule is CCC(COC)n1c(=O)c(C)nc2c(Cl)ccnc21. The van der Waals surface area contributed by atoms with Gasteiger partial charge < -0.3 is 4.74 Å². The second kappa shape index (κ2) is 5.67. The molecule has 1 atom stereocenters. The Hall–Kier alpha value is -1.46. The molecule has 2 aromatic rings. The quantitative estimate of drug-likeness (QED) is 0.863. The van der Waals surface area contributed by atoms with Gasteiger partial charge in [0.1, 0.15) is 11.2 Å². The molecule has 0 N–H and O–H groups in total. The van der Waals surface area contributed by atoms with E-state index in [1.54, 1.807) is 30.9 Å². The van der Waals surface area contributed by atoms with Gasteiger partial charge in [-0.1, -0.05) is 18.5 Å². The van der Waals surface area contributed by atoms with E-state index in [0.29, 0.717) is 28.5 Å². The summed E-state index contributed by atoms with van der Waals surface area (Å²) in [7, 11) is 1.62. The lowest BCUT2D eigenvalue weighted by Gasteiger charge is -2.19. The molecule has 5 nitrogen and oxygen atoms in total. The van der Waals surface area contributed by atoms with Crippen LogP contribution in [0.3, 0.4) is 0 Å². The number of nitrogens with zero attached hydrogens (tertiary/aromatic N) is 3. The number of hydrogen-bond acceptors (Lipinski definition) is 4. The Morgan fingerprint density at radius 1 is 1.53 bits per heavy atom. The zero-order valence-electron chi connectivity index (χ0n) is 11.2. The van der Waals surface area contributed by atoms with Gasteiger partial charge in [-0.15, -0.1) is 0 Å². The molecule has 0 aliphatic carbocycles. The van der Waals surface area contributed by atoms with Crippen LogP contribution in [0.4, 0.5) is 0 Å². The largest absolute Gasteiger partial charge is 0.383 e. The van der Waals surface area contributed by atoms with Crippen LogP contribution in [0.15, 0.2) is 17.1 Å². The summed E-state index contributed by atoms with van der Waals surface area (Å²) < 4.78 is 6.81. The number of halogens is 1. The van der Waals surface area contributed by atoms with Crippen LogP contribution >= 0.6 is 11.6 Å². The Morgan fingerprint density at radius 3 is 2.89 bits per heavy atom. The van der Waals surface area contributed by atoms with Crippen molar-refractivity contribution in [2.45, 2.75) is 26.3 Å². The molecule has 0 aliphatic rings. The van der Waals surface area contributed by atoms with E-state index in [1.807, 2.05) is 6.92 Å². The minimum absolute atomic E-state index is 0.0762. The van der Waals surface area contributed by atoms with Crippen molar-refractivity contribution in [3.63, 3.8) is 0 Å². The fourth-order valence-electron chi connectivity index (χ4n) is 2.09. The van der Waals surface area contributed by atoms with Crippen molar-refractivity contribution in [1.82, 2.24) is 14.5 Å². The third kappa shape index (κ3) is 2.48. The third-order valence-corrected chi connectivity index (χ3v) is 3.39. The van der Waals surface area contributed by atoms with Crippen molar-refractivity contribution in [3.05, 3.63) is 33.3 Å². The van der Waals surface area contributed by atoms with Gasteiger partial charge in [0.2, 0.25) is 0 Å². The van der Waals surface area contributed by atoms with Crippen LogP contribution in [0.25, 0.3) is 11.2 Å². The Labute approximate surface area is 116 Å². The average Bonchev–Trinajstić information content (AvgIpc) is 2.40. The minimum Gasteiger partial charge on any atom is -0.383 e. The van der Waals surface area contributed by atoms with E-state index in [-0.39, 0.29) is 11.6 Å². The van der Waals surface area contributed by atoms with Crippen LogP contribution in [0.2, 0.25) is 5.02 Å².